The second-order valence-electron chi connectivity index (χ2n) is 4.11. The number of carbonyl (C=O) groups is 3. The van der Waals surface area contributed by atoms with Crippen LogP contribution in [0.4, 0.5) is 0 Å². The van der Waals surface area contributed by atoms with Crippen LogP contribution >= 0.6 is 0 Å². The predicted molar refractivity (Wildman–Crippen MR) is 68.7 cm³/mol. The second-order valence-corrected chi connectivity index (χ2v) is 4.11. The Morgan fingerprint density at radius 3 is 2.65 bits per heavy atom. The fraction of sp³-hybridized carbons (Fsp3) is 0.333. The lowest BCUT2D eigenvalue weighted by Gasteiger charge is -2.11. The van der Waals surface area contributed by atoms with Crippen LogP contribution in [0.15, 0.2) is 18.5 Å². The van der Waals surface area contributed by atoms with E-state index in [0.29, 0.717) is 5.56 Å². The van der Waals surface area contributed by atoms with Crippen LogP contribution in [-0.4, -0.2) is 43.9 Å². The van der Waals surface area contributed by atoms with Crippen LogP contribution in [0.25, 0.3) is 6.08 Å². The smallest absolute Gasteiger partial charge is 0.326 e. The molecule has 3 N–H and O–H groups in total. The summed E-state index contributed by atoms with van der Waals surface area (Å²) in [7, 11) is 1.73. The van der Waals surface area contributed by atoms with Gasteiger partial charge in [0, 0.05) is 31.3 Å². The quantitative estimate of drug-likeness (QED) is 0.598. The molecule has 0 radical (unpaired) electrons. The molecule has 108 valence electrons. The molecule has 0 bridgehead atoms. The van der Waals surface area contributed by atoms with Crippen molar-refractivity contribution in [1.29, 1.82) is 0 Å². The van der Waals surface area contributed by atoms with E-state index < -0.39 is 23.9 Å². The van der Waals surface area contributed by atoms with Crippen LogP contribution < -0.4 is 5.32 Å². The van der Waals surface area contributed by atoms with Crippen LogP contribution in [0, 0.1) is 0 Å². The Hall–Kier alpha value is -2.64. The third-order valence-corrected chi connectivity index (χ3v) is 2.41. The van der Waals surface area contributed by atoms with Crippen LogP contribution in [0.3, 0.4) is 0 Å². The minimum atomic E-state index is -1.27. The largest absolute Gasteiger partial charge is 0.481 e. The van der Waals surface area contributed by atoms with Gasteiger partial charge in [-0.3, -0.25) is 14.3 Å². The number of aliphatic carboxylic acids is 2. The Balaban J connectivity index is 2.55. The van der Waals surface area contributed by atoms with Crippen molar-refractivity contribution in [3.05, 3.63) is 24.0 Å². The molecule has 8 nitrogen and oxygen atoms in total. The van der Waals surface area contributed by atoms with E-state index in [0.717, 1.165) is 0 Å². The van der Waals surface area contributed by atoms with Gasteiger partial charge in [-0.15, -0.1) is 0 Å². The van der Waals surface area contributed by atoms with Crippen LogP contribution in [0.5, 0.6) is 0 Å². The zero-order valence-corrected chi connectivity index (χ0v) is 10.8. The lowest BCUT2D eigenvalue weighted by molar-refractivity contribution is -0.142. The summed E-state index contributed by atoms with van der Waals surface area (Å²) < 4.78 is 1.56. The van der Waals surface area contributed by atoms with E-state index in [2.05, 4.69) is 10.4 Å². The van der Waals surface area contributed by atoms with Gasteiger partial charge in [0.15, 0.2) is 0 Å². The number of amides is 1. The summed E-state index contributed by atoms with van der Waals surface area (Å²) >= 11 is 0. The molecule has 1 amide bonds. The number of hydrogen-bond donors (Lipinski definition) is 3. The van der Waals surface area contributed by atoms with Gasteiger partial charge in [-0.05, 0) is 12.5 Å². The standard InChI is InChI=1S/C12H15N3O5/c1-15-7-8(6-13-15)2-4-10(16)14-9(12(19)20)3-5-11(17)18/h2,4,6-7,9H,3,5H2,1H3,(H,14,16)(H,17,18)(H,19,20)/b4-2+/t9-/m0/s1. The first-order valence-electron chi connectivity index (χ1n) is 5.80. The number of carboxylic acid groups (broad SMARTS) is 2. The molecular formula is C12H15N3O5. The van der Waals surface area contributed by atoms with Gasteiger partial charge in [0.25, 0.3) is 0 Å². The molecule has 1 aromatic rings. The van der Waals surface area contributed by atoms with Gasteiger partial charge in [0.05, 0.1) is 6.20 Å². The van der Waals surface area contributed by atoms with Crippen molar-refractivity contribution in [3.63, 3.8) is 0 Å². The van der Waals surface area contributed by atoms with E-state index in [1.165, 1.54) is 12.2 Å². The third kappa shape index (κ3) is 5.34. The van der Waals surface area contributed by atoms with Crippen molar-refractivity contribution in [2.24, 2.45) is 7.05 Å². The molecule has 0 aliphatic heterocycles. The Bertz CT molecular complexity index is 535. The highest BCUT2D eigenvalue weighted by Gasteiger charge is 2.19. The normalized spacial score (nSPS) is 12.2. The van der Waals surface area contributed by atoms with E-state index in [1.54, 1.807) is 24.1 Å². The summed E-state index contributed by atoms with van der Waals surface area (Å²) in [4.78, 5) is 32.8. The van der Waals surface area contributed by atoms with Crippen molar-refractivity contribution in [2.45, 2.75) is 18.9 Å². The van der Waals surface area contributed by atoms with Crippen LogP contribution in [-0.2, 0) is 21.4 Å². The first-order valence-corrected chi connectivity index (χ1v) is 5.80. The van der Waals surface area contributed by atoms with Gasteiger partial charge in [-0.1, -0.05) is 0 Å². The second kappa shape index (κ2) is 7.07. The van der Waals surface area contributed by atoms with Gasteiger partial charge < -0.3 is 15.5 Å². The Morgan fingerprint density at radius 2 is 2.15 bits per heavy atom. The average Bonchev–Trinajstić information content (AvgIpc) is 2.77. The monoisotopic (exact) mass is 281 g/mol. The Morgan fingerprint density at radius 1 is 1.45 bits per heavy atom. The SMILES string of the molecule is Cn1cc(/C=C/C(=O)N[C@@H](CCC(=O)O)C(=O)O)cn1. The molecule has 1 heterocycles. The molecule has 0 aliphatic rings. The van der Waals surface area contributed by atoms with Crippen molar-refractivity contribution >= 4 is 23.9 Å². The number of carboxylic acids is 2. The summed E-state index contributed by atoms with van der Waals surface area (Å²) in [6.07, 6.45) is 5.39. The van der Waals surface area contributed by atoms with Crippen molar-refractivity contribution < 1.29 is 24.6 Å². The van der Waals surface area contributed by atoms with Crippen LogP contribution in [0.2, 0.25) is 0 Å². The first kappa shape index (κ1) is 15.4. The summed E-state index contributed by atoms with van der Waals surface area (Å²) in [6.45, 7) is 0. The zero-order valence-electron chi connectivity index (χ0n) is 10.8. The molecule has 1 aromatic heterocycles. The van der Waals surface area contributed by atoms with Gasteiger partial charge in [0.2, 0.25) is 5.91 Å². The van der Waals surface area contributed by atoms with Crippen LogP contribution in [0.1, 0.15) is 18.4 Å². The van der Waals surface area contributed by atoms with E-state index in [1.807, 2.05) is 0 Å². The maximum atomic E-state index is 11.5. The van der Waals surface area contributed by atoms with Crippen molar-refractivity contribution in [3.8, 4) is 0 Å². The lowest BCUT2D eigenvalue weighted by atomic mass is 10.1. The zero-order chi connectivity index (χ0) is 15.1. The summed E-state index contributed by atoms with van der Waals surface area (Å²) in [5.74, 6) is -2.99. The average molecular weight is 281 g/mol. The highest BCUT2D eigenvalue weighted by molar-refractivity contribution is 5.94. The number of hydrogen-bond acceptors (Lipinski definition) is 4. The van der Waals surface area contributed by atoms with Crippen molar-refractivity contribution in [1.82, 2.24) is 15.1 Å². The maximum absolute atomic E-state index is 11.5. The Labute approximate surface area is 114 Å². The molecule has 0 aliphatic carbocycles. The topological polar surface area (TPSA) is 122 Å². The third-order valence-electron chi connectivity index (χ3n) is 2.41. The molecule has 0 saturated heterocycles. The number of aromatic nitrogens is 2. The molecule has 0 spiro atoms. The molecule has 1 rings (SSSR count). The molecule has 1 atom stereocenters. The minimum Gasteiger partial charge on any atom is -0.481 e. The molecule has 0 fully saturated rings. The highest BCUT2D eigenvalue weighted by atomic mass is 16.4. The van der Waals surface area contributed by atoms with Gasteiger partial charge in [-0.2, -0.15) is 5.10 Å². The molecule has 0 saturated carbocycles. The maximum Gasteiger partial charge on any atom is 0.326 e. The molecular weight excluding hydrogens is 266 g/mol. The first-order chi connectivity index (χ1) is 9.38. The van der Waals surface area contributed by atoms with E-state index in [4.69, 9.17) is 10.2 Å². The van der Waals surface area contributed by atoms with Gasteiger partial charge >= 0.3 is 11.9 Å². The number of nitrogens with one attached hydrogen (secondary N) is 1. The molecule has 0 unspecified atom stereocenters. The number of nitrogens with zero attached hydrogens (tertiary/aromatic N) is 2. The van der Waals surface area contributed by atoms with E-state index in [9.17, 15) is 14.4 Å². The number of rotatable bonds is 7. The summed E-state index contributed by atoms with van der Waals surface area (Å²) in [6, 6.07) is -1.22. The molecule has 20 heavy (non-hydrogen) atoms. The fourth-order valence-corrected chi connectivity index (χ4v) is 1.44. The lowest BCUT2D eigenvalue weighted by Crippen LogP contribution is -2.40. The number of carbonyl (C=O) groups excluding carboxylic acids is 1. The Kier molecular flexibility index (Phi) is 5.45. The van der Waals surface area contributed by atoms with Gasteiger partial charge in [0.1, 0.15) is 6.04 Å². The number of aryl methyl sites for hydroxylation is 1. The van der Waals surface area contributed by atoms with E-state index in [-0.39, 0.29) is 12.8 Å². The van der Waals surface area contributed by atoms with Gasteiger partial charge in [-0.25, -0.2) is 4.79 Å². The summed E-state index contributed by atoms with van der Waals surface area (Å²) in [5, 5.41) is 23.5. The van der Waals surface area contributed by atoms with E-state index >= 15 is 0 Å². The highest BCUT2D eigenvalue weighted by Crippen LogP contribution is 2.01. The minimum absolute atomic E-state index is 0.170. The summed E-state index contributed by atoms with van der Waals surface area (Å²) in [5.41, 5.74) is 0.695. The predicted octanol–water partition coefficient (Wildman–Crippen LogP) is -0.132. The molecule has 0 aromatic carbocycles. The fourth-order valence-electron chi connectivity index (χ4n) is 1.44. The van der Waals surface area contributed by atoms with Crippen molar-refractivity contribution in [2.75, 3.05) is 0 Å². The molecule has 8 heteroatoms.